The predicted molar refractivity (Wildman–Crippen MR) is 230 cm³/mol. The second-order valence-electron chi connectivity index (χ2n) is 15.3. The van der Waals surface area contributed by atoms with Crippen LogP contribution in [0.1, 0.15) is 71.7 Å². The van der Waals surface area contributed by atoms with Crippen molar-refractivity contribution in [2.75, 3.05) is 78.4 Å². The predicted octanol–water partition coefficient (Wildman–Crippen LogP) is 5.11. The molecule has 5 amide bonds. The Morgan fingerprint density at radius 2 is 1.28 bits per heavy atom. The topological polar surface area (TPSA) is 182 Å². The van der Waals surface area contributed by atoms with Gasteiger partial charge in [-0.2, -0.15) is 0 Å². The SMILES string of the molecule is CCN(CC)CC[C@H](NC(=O)OC)C(=O)N1CCC[C@H]1c1ncc(-c2ccc(-c3ccc(NC(=O)[C@@H]4CCN(C(=O)[C@@H](CCN(CC)CC)NC(=O)OC)C4)cc3)cc2)[nH]1. The number of H-pyrrole nitrogens is 1. The van der Waals surface area contributed by atoms with Crippen molar-refractivity contribution in [3.8, 4) is 22.4 Å². The first-order valence-corrected chi connectivity index (χ1v) is 21.3. The maximum Gasteiger partial charge on any atom is 0.407 e. The molecule has 4 atom stereocenters. The summed E-state index contributed by atoms with van der Waals surface area (Å²) >= 11 is 0. The average molecular weight is 830 g/mol. The number of aromatic nitrogens is 2. The highest BCUT2D eigenvalue weighted by molar-refractivity contribution is 5.94. The van der Waals surface area contributed by atoms with Gasteiger partial charge < -0.3 is 50.0 Å². The van der Waals surface area contributed by atoms with Crippen molar-refractivity contribution in [2.45, 2.75) is 77.9 Å². The first kappa shape index (κ1) is 45.6. The first-order valence-electron chi connectivity index (χ1n) is 21.3. The molecule has 2 aliphatic heterocycles. The number of carbonyl (C=O) groups is 5. The normalized spacial score (nSPS) is 17.4. The van der Waals surface area contributed by atoms with Gasteiger partial charge in [-0.05, 0) is 87.1 Å². The van der Waals surface area contributed by atoms with Crippen molar-refractivity contribution in [2.24, 2.45) is 5.92 Å². The molecule has 3 aromatic rings. The van der Waals surface area contributed by atoms with Crippen LogP contribution in [0.3, 0.4) is 0 Å². The Bertz CT molecular complexity index is 1880. The number of aromatic amines is 1. The lowest BCUT2D eigenvalue weighted by Crippen LogP contribution is -2.49. The van der Waals surface area contributed by atoms with Crippen LogP contribution >= 0.6 is 0 Å². The number of rotatable bonds is 19. The van der Waals surface area contributed by atoms with Crippen LogP contribution in [0.4, 0.5) is 15.3 Å². The number of nitrogens with zero attached hydrogens (tertiary/aromatic N) is 5. The average Bonchev–Trinajstić information content (AvgIpc) is 4.08. The summed E-state index contributed by atoms with van der Waals surface area (Å²) in [4.78, 5) is 80.8. The number of amides is 5. The highest BCUT2D eigenvalue weighted by atomic mass is 16.5. The summed E-state index contributed by atoms with van der Waals surface area (Å²) in [5.41, 5.74) is 4.42. The van der Waals surface area contributed by atoms with E-state index in [1.807, 2.05) is 53.4 Å². The fourth-order valence-corrected chi connectivity index (χ4v) is 8.02. The van der Waals surface area contributed by atoms with E-state index in [-0.39, 0.29) is 36.2 Å². The molecule has 0 spiro atoms. The molecule has 60 heavy (non-hydrogen) atoms. The number of carbonyl (C=O) groups excluding carboxylic acids is 5. The molecule has 1 aromatic heterocycles. The van der Waals surface area contributed by atoms with Gasteiger partial charge in [0.25, 0.3) is 0 Å². The first-order chi connectivity index (χ1) is 29.0. The number of imidazole rings is 1. The Labute approximate surface area is 353 Å². The van der Waals surface area contributed by atoms with E-state index in [0.29, 0.717) is 57.0 Å². The third-order valence-corrected chi connectivity index (χ3v) is 11.8. The molecule has 3 heterocycles. The minimum absolute atomic E-state index is 0.138. The van der Waals surface area contributed by atoms with Crippen LogP contribution < -0.4 is 16.0 Å². The summed E-state index contributed by atoms with van der Waals surface area (Å²) in [6, 6.07) is 14.1. The Morgan fingerprint density at radius 1 is 0.750 bits per heavy atom. The smallest absolute Gasteiger partial charge is 0.407 e. The van der Waals surface area contributed by atoms with Crippen LogP contribution in [0.2, 0.25) is 0 Å². The molecule has 2 aliphatic rings. The summed E-state index contributed by atoms with van der Waals surface area (Å²) in [6.45, 7) is 14.3. The van der Waals surface area contributed by atoms with Crippen molar-refractivity contribution >= 4 is 35.6 Å². The summed E-state index contributed by atoms with van der Waals surface area (Å²) in [5.74, 6) is -0.159. The second-order valence-corrected chi connectivity index (χ2v) is 15.3. The summed E-state index contributed by atoms with van der Waals surface area (Å²) < 4.78 is 9.61. The molecule has 5 rings (SSSR count). The fraction of sp³-hybridized carbons (Fsp3) is 0.545. The van der Waals surface area contributed by atoms with Crippen LogP contribution in [-0.4, -0.2) is 145 Å². The van der Waals surface area contributed by atoms with E-state index in [4.69, 9.17) is 14.5 Å². The molecule has 4 N–H and O–H groups in total. The van der Waals surface area contributed by atoms with Crippen LogP contribution in [0.5, 0.6) is 0 Å². The third-order valence-electron chi connectivity index (χ3n) is 11.8. The molecule has 16 heteroatoms. The van der Waals surface area contributed by atoms with Crippen molar-refractivity contribution in [3.05, 3.63) is 60.6 Å². The number of hydrogen-bond acceptors (Lipinski definition) is 10. The quantitative estimate of drug-likeness (QED) is 0.127. The van der Waals surface area contributed by atoms with E-state index in [9.17, 15) is 24.0 Å². The van der Waals surface area contributed by atoms with Crippen LogP contribution in [0.25, 0.3) is 22.4 Å². The Morgan fingerprint density at radius 3 is 1.83 bits per heavy atom. The molecule has 0 aliphatic carbocycles. The number of ether oxygens (including phenoxy) is 2. The minimum atomic E-state index is -0.733. The monoisotopic (exact) mass is 829 g/mol. The van der Waals surface area contributed by atoms with Gasteiger partial charge in [0.15, 0.2) is 0 Å². The fourth-order valence-electron chi connectivity index (χ4n) is 8.02. The van der Waals surface area contributed by atoms with Crippen molar-refractivity contribution < 1.29 is 33.4 Å². The van der Waals surface area contributed by atoms with Gasteiger partial charge >= 0.3 is 12.2 Å². The van der Waals surface area contributed by atoms with E-state index in [0.717, 1.165) is 61.4 Å². The number of nitrogens with one attached hydrogen (secondary N) is 4. The Hall–Kier alpha value is -5.48. The molecule has 0 unspecified atom stereocenters. The van der Waals surface area contributed by atoms with E-state index in [2.05, 4.69) is 58.4 Å². The highest BCUT2D eigenvalue weighted by Crippen LogP contribution is 2.33. The van der Waals surface area contributed by atoms with E-state index in [1.165, 1.54) is 14.2 Å². The number of anilines is 1. The number of hydrogen-bond donors (Lipinski definition) is 4. The summed E-state index contributed by atoms with van der Waals surface area (Å²) in [5, 5.41) is 8.46. The molecule has 0 bridgehead atoms. The Balaban J connectivity index is 1.16. The van der Waals surface area contributed by atoms with Crippen molar-refractivity contribution in [1.82, 2.24) is 40.2 Å². The number of likely N-dealkylation sites (tertiary alicyclic amines) is 2. The molecular weight excluding hydrogens is 767 g/mol. The van der Waals surface area contributed by atoms with Gasteiger partial charge in [-0.1, -0.05) is 64.1 Å². The van der Waals surface area contributed by atoms with Gasteiger partial charge in [-0.15, -0.1) is 0 Å². The zero-order chi connectivity index (χ0) is 43.2. The third kappa shape index (κ3) is 11.8. The van der Waals surface area contributed by atoms with Crippen molar-refractivity contribution in [1.29, 1.82) is 0 Å². The van der Waals surface area contributed by atoms with Gasteiger partial charge in [0, 0.05) is 38.4 Å². The molecule has 2 fully saturated rings. The number of methoxy groups -OCH3 is 2. The van der Waals surface area contributed by atoms with Gasteiger partial charge in [0.05, 0.1) is 38.1 Å². The largest absolute Gasteiger partial charge is 0.453 e. The molecule has 16 nitrogen and oxygen atoms in total. The highest BCUT2D eigenvalue weighted by Gasteiger charge is 2.37. The van der Waals surface area contributed by atoms with Crippen LogP contribution in [0.15, 0.2) is 54.7 Å². The van der Waals surface area contributed by atoms with Crippen molar-refractivity contribution in [3.63, 3.8) is 0 Å². The van der Waals surface area contributed by atoms with E-state index in [1.54, 1.807) is 11.1 Å². The lowest BCUT2D eigenvalue weighted by Gasteiger charge is -2.29. The number of alkyl carbamates (subject to hydrolysis) is 2. The van der Waals surface area contributed by atoms with E-state index < -0.39 is 24.3 Å². The molecule has 326 valence electrons. The summed E-state index contributed by atoms with van der Waals surface area (Å²) in [6.07, 6.45) is 3.57. The van der Waals surface area contributed by atoms with Gasteiger partial charge in [-0.3, -0.25) is 14.4 Å². The lowest BCUT2D eigenvalue weighted by atomic mass is 10.0. The zero-order valence-electron chi connectivity index (χ0n) is 36.0. The molecule has 0 radical (unpaired) electrons. The molecular formula is C44H63N9O7. The van der Waals surface area contributed by atoms with Crippen LogP contribution in [0, 0.1) is 5.92 Å². The van der Waals surface area contributed by atoms with Gasteiger partial charge in [-0.25, -0.2) is 14.6 Å². The molecule has 2 saturated heterocycles. The van der Waals surface area contributed by atoms with E-state index >= 15 is 0 Å². The lowest BCUT2D eigenvalue weighted by molar-refractivity contribution is -0.135. The second kappa shape index (κ2) is 22.2. The summed E-state index contributed by atoms with van der Waals surface area (Å²) in [7, 11) is 2.57. The molecule has 2 aromatic carbocycles. The zero-order valence-corrected chi connectivity index (χ0v) is 36.0. The molecule has 0 saturated carbocycles. The maximum atomic E-state index is 13.8. The Kier molecular flexibility index (Phi) is 16.9. The number of benzene rings is 2. The maximum absolute atomic E-state index is 13.8. The van der Waals surface area contributed by atoms with Crippen LogP contribution in [-0.2, 0) is 23.9 Å². The standard InChI is InChI=1S/C44H63N9O7/c1-7-50(8-2)25-22-35(48-43(57)59-5)41(55)52-27-21-33(29-52)40(54)46-34-19-17-31(18-20-34)30-13-15-32(16-14-30)37-28-45-39(47-37)38-12-11-24-53(38)42(56)36(49-44(58)60-6)23-26-51(9-3)10-4/h13-20,28,33,35-36,38H,7-12,21-27,29H2,1-6H3,(H,45,47)(H,46,54)(H,48,57)(H,49,58)/t33-,35-,36+,38+/m1/s1. The van der Waals surface area contributed by atoms with Gasteiger partial charge in [0.1, 0.15) is 17.9 Å². The minimum Gasteiger partial charge on any atom is -0.453 e. The van der Waals surface area contributed by atoms with Gasteiger partial charge in [0.2, 0.25) is 17.7 Å².